The Kier molecular flexibility index (Phi) is 2.33. The summed E-state index contributed by atoms with van der Waals surface area (Å²) in [4.78, 5) is 4.31. The molecule has 0 saturated carbocycles. The molecule has 0 spiro atoms. The summed E-state index contributed by atoms with van der Waals surface area (Å²) in [5.74, 6) is 0.730. The van der Waals surface area contributed by atoms with E-state index < -0.39 is 0 Å². The van der Waals surface area contributed by atoms with Crippen LogP contribution in [0.1, 0.15) is 17.0 Å². The fourth-order valence-electron chi connectivity index (χ4n) is 0.840. The molecule has 1 rings (SSSR count). The lowest BCUT2D eigenvalue weighted by Crippen LogP contribution is -1.91. The van der Waals surface area contributed by atoms with Crippen LogP contribution in [0.4, 0.5) is 0 Å². The maximum atomic E-state index is 4.31. The van der Waals surface area contributed by atoms with Gasteiger partial charge in [0.25, 0.3) is 0 Å². The Morgan fingerprint density at radius 2 is 2.10 bits per heavy atom. The summed E-state index contributed by atoms with van der Waals surface area (Å²) >= 11 is 4.16. The summed E-state index contributed by atoms with van der Waals surface area (Å²) in [7, 11) is 0. The molecule has 1 aromatic heterocycles. The molecular weight excluding hydrogens is 142 g/mol. The lowest BCUT2D eigenvalue weighted by atomic mass is 10.2. The zero-order valence-electron chi connectivity index (χ0n) is 6.26. The minimum Gasteiger partial charge on any atom is -0.257 e. The van der Waals surface area contributed by atoms with E-state index in [-0.39, 0.29) is 0 Å². The van der Waals surface area contributed by atoms with Crippen LogP contribution in [-0.4, -0.2) is 4.98 Å². The topological polar surface area (TPSA) is 12.9 Å². The Morgan fingerprint density at radius 3 is 2.60 bits per heavy atom. The molecule has 1 nitrogen and oxygen atoms in total. The van der Waals surface area contributed by atoms with Crippen molar-refractivity contribution in [2.45, 2.75) is 19.6 Å². The van der Waals surface area contributed by atoms with E-state index in [2.05, 4.69) is 30.6 Å². The molecule has 0 aliphatic rings. The summed E-state index contributed by atoms with van der Waals surface area (Å²) in [5, 5.41) is 0. The highest BCUT2D eigenvalue weighted by molar-refractivity contribution is 7.79. The molecule has 0 saturated heterocycles. The monoisotopic (exact) mass is 153 g/mol. The van der Waals surface area contributed by atoms with Crippen LogP contribution in [0.5, 0.6) is 0 Å². The van der Waals surface area contributed by atoms with Crippen molar-refractivity contribution in [1.82, 2.24) is 4.98 Å². The molecule has 0 radical (unpaired) electrons. The van der Waals surface area contributed by atoms with Gasteiger partial charge >= 0.3 is 0 Å². The zero-order chi connectivity index (χ0) is 7.56. The van der Waals surface area contributed by atoms with Gasteiger partial charge in [-0.25, -0.2) is 0 Å². The van der Waals surface area contributed by atoms with Gasteiger partial charge < -0.3 is 0 Å². The summed E-state index contributed by atoms with van der Waals surface area (Å²) in [5.41, 5.74) is 3.37. The van der Waals surface area contributed by atoms with E-state index in [0.717, 1.165) is 17.1 Å². The lowest BCUT2D eigenvalue weighted by molar-refractivity contribution is 1.08. The van der Waals surface area contributed by atoms with Gasteiger partial charge in [-0.15, -0.1) is 0 Å². The lowest BCUT2D eigenvalue weighted by Gasteiger charge is -2.00. The number of aryl methyl sites for hydroxylation is 2. The second kappa shape index (κ2) is 3.06. The third-order valence-electron chi connectivity index (χ3n) is 1.49. The van der Waals surface area contributed by atoms with Gasteiger partial charge in [0.15, 0.2) is 0 Å². The molecule has 10 heavy (non-hydrogen) atoms. The van der Waals surface area contributed by atoms with E-state index in [4.69, 9.17) is 0 Å². The van der Waals surface area contributed by atoms with Gasteiger partial charge in [-0.05, 0) is 25.5 Å². The summed E-state index contributed by atoms with van der Waals surface area (Å²) in [6.45, 7) is 4.05. The van der Waals surface area contributed by atoms with Crippen LogP contribution >= 0.6 is 12.6 Å². The molecule has 0 atom stereocenters. The Balaban J connectivity index is 3.09. The number of pyridine rings is 1. The largest absolute Gasteiger partial charge is 0.257 e. The average Bonchev–Trinajstić information content (AvgIpc) is 1.94. The number of hydrogen-bond acceptors (Lipinski definition) is 2. The zero-order valence-corrected chi connectivity index (χ0v) is 7.15. The van der Waals surface area contributed by atoms with Crippen LogP contribution < -0.4 is 0 Å². The van der Waals surface area contributed by atoms with Crippen LogP contribution in [0.15, 0.2) is 12.1 Å². The highest BCUT2D eigenvalue weighted by Gasteiger charge is 1.95. The molecule has 0 N–H and O–H groups in total. The van der Waals surface area contributed by atoms with Crippen molar-refractivity contribution in [2.75, 3.05) is 0 Å². The van der Waals surface area contributed by atoms with Crippen molar-refractivity contribution in [1.29, 1.82) is 0 Å². The van der Waals surface area contributed by atoms with Crippen molar-refractivity contribution < 1.29 is 0 Å². The van der Waals surface area contributed by atoms with E-state index in [1.807, 2.05) is 13.0 Å². The van der Waals surface area contributed by atoms with Gasteiger partial charge in [-0.3, -0.25) is 4.98 Å². The van der Waals surface area contributed by atoms with Crippen LogP contribution in [-0.2, 0) is 5.75 Å². The van der Waals surface area contributed by atoms with Crippen molar-refractivity contribution in [3.8, 4) is 0 Å². The standard InChI is InChI=1S/C8H11NS/c1-6-3-4-7(2)9-8(6)5-10/h3-4,10H,5H2,1-2H3. The Labute approximate surface area is 66.9 Å². The minimum atomic E-state index is 0.730. The predicted molar refractivity (Wildman–Crippen MR) is 46.4 cm³/mol. The fourth-order valence-corrected chi connectivity index (χ4v) is 1.16. The Hall–Kier alpha value is -0.500. The van der Waals surface area contributed by atoms with Gasteiger partial charge in [-0.1, -0.05) is 6.07 Å². The van der Waals surface area contributed by atoms with E-state index >= 15 is 0 Å². The fraction of sp³-hybridized carbons (Fsp3) is 0.375. The van der Waals surface area contributed by atoms with Crippen LogP contribution in [0.2, 0.25) is 0 Å². The average molecular weight is 153 g/mol. The second-order valence-corrected chi connectivity index (χ2v) is 2.69. The third-order valence-corrected chi connectivity index (χ3v) is 1.79. The molecule has 2 heteroatoms. The van der Waals surface area contributed by atoms with Crippen LogP contribution in [0, 0.1) is 13.8 Å². The number of rotatable bonds is 1. The molecular formula is C8H11NS. The molecule has 0 aromatic carbocycles. The summed E-state index contributed by atoms with van der Waals surface area (Å²) < 4.78 is 0. The summed E-state index contributed by atoms with van der Waals surface area (Å²) in [6, 6.07) is 4.09. The molecule has 1 heterocycles. The number of hydrogen-bond donors (Lipinski definition) is 1. The van der Waals surface area contributed by atoms with Crippen LogP contribution in [0.25, 0.3) is 0 Å². The number of thiol groups is 1. The molecule has 1 aromatic rings. The normalized spacial score (nSPS) is 9.90. The van der Waals surface area contributed by atoms with E-state index in [9.17, 15) is 0 Å². The molecule has 0 fully saturated rings. The highest BCUT2D eigenvalue weighted by atomic mass is 32.1. The van der Waals surface area contributed by atoms with E-state index in [1.165, 1.54) is 5.56 Å². The van der Waals surface area contributed by atoms with Crippen molar-refractivity contribution in [3.63, 3.8) is 0 Å². The first kappa shape index (κ1) is 7.61. The van der Waals surface area contributed by atoms with Gasteiger partial charge in [0.1, 0.15) is 0 Å². The Morgan fingerprint density at radius 1 is 1.40 bits per heavy atom. The molecule has 0 unspecified atom stereocenters. The SMILES string of the molecule is Cc1ccc(C)c(CS)n1. The maximum Gasteiger partial charge on any atom is 0.0532 e. The quantitative estimate of drug-likeness (QED) is 0.610. The van der Waals surface area contributed by atoms with Crippen molar-refractivity contribution in [2.24, 2.45) is 0 Å². The molecule has 0 bridgehead atoms. The number of nitrogens with zero attached hydrogens (tertiary/aromatic N) is 1. The van der Waals surface area contributed by atoms with Crippen LogP contribution in [0.3, 0.4) is 0 Å². The predicted octanol–water partition coefficient (Wildman–Crippen LogP) is 2.13. The van der Waals surface area contributed by atoms with Gasteiger partial charge in [0, 0.05) is 11.4 Å². The van der Waals surface area contributed by atoms with Gasteiger partial charge in [0.2, 0.25) is 0 Å². The van der Waals surface area contributed by atoms with Crippen molar-refractivity contribution in [3.05, 3.63) is 29.1 Å². The van der Waals surface area contributed by atoms with E-state index in [0.29, 0.717) is 0 Å². The first-order valence-electron chi connectivity index (χ1n) is 3.28. The second-order valence-electron chi connectivity index (χ2n) is 2.37. The first-order chi connectivity index (χ1) is 4.74. The summed E-state index contributed by atoms with van der Waals surface area (Å²) in [6.07, 6.45) is 0. The van der Waals surface area contributed by atoms with Crippen molar-refractivity contribution >= 4 is 12.6 Å². The van der Waals surface area contributed by atoms with Gasteiger partial charge in [-0.2, -0.15) is 12.6 Å². The Bertz CT molecular complexity index is 233. The third kappa shape index (κ3) is 1.51. The molecule has 0 amide bonds. The molecule has 54 valence electrons. The smallest absolute Gasteiger partial charge is 0.0532 e. The number of aromatic nitrogens is 1. The van der Waals surface area contributed by atoms with Gasteiger partial charge in [0.05, 0.1) is 5.69 Å². The molecule has 0 aliphatic carbocycles. The maximum absolute atomic E-state index is 4.31. The first-order valence-corrected chi connectivity index (χ1v) is 3.91. The van der Waals surface area contributed by atoms with E-state index in [1.54, 1.807) is 0 Å². The highest BCUT2D eigenvalue weighted by Crippen LogP contribution is 2.07. The molecule has 0 aliphatic heterocycles. The minimum absolute atomic E-state index is 0.730.